The van der Waals surface area contributed by atoms with Crippen LogP contribution >= 0.6 is 66.3 Å². The molecule has 2 aromatic carbocycles. The summed E-state index contributed by atoms with van der Waals surface area (Å²) in [5, 5.41) is 4.16. The van der Waals surface area contributed by atoms with E-state index in [1.807, 2.05) is 34.4 Å². The van der Waals surface area contributed by atoms with Gasteiger partial charge in [-0.25, -0.2) is 0 Å². The lowest BCUT2D eigenvalue weighted by Crippen LogP contribution is -1.86. The van der Waals surface area contributed by atoms with Crippen molar-refractivity contribution in [1.29, 1.82) is 0 Å². The maximum absolute atomic E-state index is 3.73. The zero-order chi connectivity index (χ0) is 14.1. The number of alkyl halides is 1. The Kier molecular flexibility index (Phi) is 3.00. The van der Waals surface area contributed by atoms with Crippen LogP contribution in [0.5, 0.6) is 0 Å². The zero-order valence-electron chi connectivity index (χ0n) is 10.7. The maximum atomic E-state index is 3.73. The van der Waals surface area contributed by atoms with E-state index in [-0.39, 0.29) is 0 Å². The first-order valence-electron chi connectivity index (χ1n) is 6.56. The van der Waals surface area contributed by atoms with Gasteiger partial charge in [-0.3, -0.25) is 0 Å². The molecule has 3 heterocycles. The van der Waals surface area contributed by atoms with Gasteiger partial charge in [0.2, 0.25) is 0 Å². The van der Waals surface area contributed by atoms with Crippen LogP contribution in [0.1, 0.15) is 5.56 Å². The highest BCUT2D eigenvalue weighted by molar-refractivity contribution is 9.11. The van der Waals surface area contributed by atoms with E-state index in [9.17, 15) is 0 Å². The van der Waals surface area contributed by atoms with Gasteiger partial charge in [-0.1, -0.05) is 15.9 Å². The second-order valence-electron chi connectivity index (χ2n) is 5.23. The molecule has 21 heavy (non-hydrogen) atoms. The Morgan fingerprint density at radius 3 is 2.62 bits per heavy atom. The lowest BCUT2D eigenvalue weighted by atomic mass is 10.1. The van der Waals surface area contributed by atoms with Gasteiger partial charge in [0.1, 0.15) is 0 Å². The number of thioether (sulfide) groups is 1. The fourth-order valence-electron chi connectivity index (χ4n) is 2.97. The molecule has 5 rings (SSSR count). The predicted octanol–water partition coefficient (Wildman–Crippen LogP) is 7.40. The number of fused-ring (bicyclic) bond motifs is 5. The third-order valence-corrected chi connectivity index (χ3v) is 8.55. The molecule has 1 unspecified atom stereocenters. The predicted molar refractivity (Wildman–Crippen MR) is 105 cm³/mol. The van der Waals surface area contributed by atoms with Gasteiger partial charge in [-0.15, -0.1) is 34.4 Å². The highest BCUT2D eigenvalue weighted by atomic mass is 79.9. The van der Waals surface area contributed by atoms with Crippen LogP contribution in [0.25, 0.3) is 30.3 Å². The van der Waals surface area contributed by atoms with Crippen molar-refractivity contribution in [2.75, 3.05) is 0 Å². The second kappa shape index (κ2) is 4.71. The fraction of sp³-hybridized carbons (Fsp3) is 0.125. The molecule has 1 aliphatic heterocycles. The normalized spacial score (nSPS) is 18.1. The molecule has 0 saturated heterocycles. The topological polar surface area (TPSA) is 0 Å². The number of thiophene rings is 2. The van der Waals surface area contributed by atoms with Gasteiger partial charge in [0.05, 0.1) is 7.95 Å². The summed E-state index contributed by atoms with van der Waals surface area (Å²) >= 11 is 13.0. The van der Waals surface area contributed by atoms with Crippen molar-refractivity contribution in [2.24, 2.45) is 0 Å². The van der Waals surface area contributed by atoms with Gasteiger partial charge in [0.25, 0.3) is 0 Å². The van der Waals surface area contributed by atoms with E-state index in [0.717, 1.165) is 6.42 Å². The number of hydrogen-bond acceptors (Lipinski definition) is 3. The monoisotopic (exact) mass is 454 g/mol. The number of hydrogen-bond donors (Lipinski definition) is 0. The Morgan fingerprint density at radius 2 is 1.71 bits per heavy atom. The molecular weight excluding hydrogens is 448 g/mol. The number of halogens is 2. The van der Waals surface area contributed by atoms with E-state index in [2.05, 4.69) is 62.2 Å². The van der Waals surface area contributed by atoms with Crippen LogP contribution in [0, 0.1) is 0 Å². The van der Waals surface area contributed by atoms with Crippen LogP contribution in [0.2, 0.25) is 0 Å². The second-order valence-corrected chi connectivity index (χ2v) is 11.7. The first-order valence-corrected chi connectivity index (χ1v) is 10.8. The molecule has 0 radical (unpaired) electrons. The van der Waals surface area contributed by atoms with Gasteiger partial charge in [-0.2, -0.15) is 0 Å². The van der Waals surface area contributed by atoms with Crippen LogP contribution in [0.15, 0.2) is 39.0 Å². The van der Waals surface area contributed by atoms with E-state index in [1.165, 1.54) is 44.5 Å². The molecule has 1 atom stereocenters. The van der Waals surface area contributed by atoms with Crippen LogP contribution in [0.4, 0.5) is 0 Å². The van der Waals surface area contributed by atoms with Gasteiger partial charge in [-0.05, 0) is 63.6 Å². The minimum atomic E-state index is 0.537. The molecule has 0 nitrogen and oxygen atoms in total. The van der Waals surface area contributed by atoms with Gasteiger partial charge in [0.15, 0.2) is 0 Å². The highest BCUT2D eigenvalue weighted by Crippen LogP contribution is 2.46. The Bertz CT molecular complexity index is 1030. The summed E-state index contributed by atoms with van der Waals surface area (Å²) in [5.41, 5.74) is 1.49. The molecule has 0 fully saturated rings. The molecule has 2 aromatic heterocycles. The van der Waals surface area contributed by atoms with Gasteiger partial charge in [0, 0.05) is 29.8 Å². The molecular formula is C16H8Br2S3. The van der Waals surface area contributed by atoms with Crippen LogP contribution in [-0.2, 0) is 6.42 Å². The smallest absolute Gasteiger partial charge is 0.0711 e. The SMILES string of the molecule is Brc1cc2cc3c(cc2s1)sc1cc2c(cc13)CC(Br)S2. The standard InChI is InChI=1S/C16H8Br2S3/c17-15-3-7-1-9-10-2-8-4-16(18)21-12(8)6-14(10)19-13(9)5-11(7)20-15/h1-3,5-6,16H,4H2. The Morgan fingerprint density at radius 1 is 0.905 bits per heavy atom. The summed E-state index contributed by atoms with van der Waals surface area (Å²) in [6, 6.07) is 11.7. The number of benzene rings is 2. The molecule has 0 amide bonds. The van der Waals surface area contributed by atoms with E-state index in [4.69, 9.17) is 0 Å². The van der Waals surface area contributed by atoms with Crippen molar-refractivity contribution in [2.45, 2.75) is 15.5 Å². The van der Waals surface area contributed by atoms with E-state index < -0.39 is 0 Å². The maximum Gasteiger partial charge on any atom is 0.0711 e. The first kappa shape index (κ1) is 13.4. The summed E-state index contributed by atoms with van der Waals surface area (Å²) in [7, 11) is 0. The Balaban J connectivity index is 1.88. The van der Waals surface area contributed by atoms with Crippen molar-refractivity contribution in [3.8, 4) is 0 Å². The summed E-state index contributed by atoms with van der Waals surface area (Å²) in [4.78, 5) is 1.44. The third kappa shape index (κ3) is 2.05. The summed E-state index contributed by atoms with van der Waals surface area (Å²) < 4.78 is 5.92. The average Bonchev–Trinajstić information content (AvgIpc) is 3.05. The summed E-state index contributed by atoms with van der Waals surface area (Å²) in [6.45, 7) is 0. The zero-order valence-corrected chi connectivity index (χ0v) is 16.3. The largest absolute Gasteiger partial charge is 0.135 e. The van der Waals surface area contributed by atoms with Crippen molar-refractivity contribution in [1.82, 2.24) is 0 Å². The van der Waals surface area contributed by atoms with Crippen molar-refractivity contribution in [3.05, 3.63) is 39.7 Å². The van der Waals surface area contributed by atoms with Crippen LogP contribution in [0.3, 0.4) is 0 Å². The first-order chi connectivity index (χ1) is 10.2. The molecule has 5 heteroatoms. The molecule has 1 aliphatic rings. The number of rotatable bonds is 0. The Labute approximate surface area is 150 Å². The fourth-order valence-corrected chi connectivity index (χ4v) is 7.82. The highest BCUT2D eigenvalue weighted by Gasteiger charge is 2.21. The molecule has 0 spiro atoms. The lowest BCUT2D eigenvalue weighted by molar-refractivity contribution is 1.13. The van der Waals surface area contributed by atoms with Crippen molar-refractivity contribution < 1.29 is 0 Å². The van der Waals surface area contributed by atoms with Gasteiger partial charge >= 0.3 is 0 Å². The van der Waals surface area contributed by atoms with Crippen molar-refractivity contribution >= 4 is 96.6 Å². The minimum Gasteiger partial charge on any atom is -0.135 e. The van der Waals surface area contributed by atoms with E-state index >= 15 is 0 Å². The molecule has 0 N–H and O–H groups in total. The molecule has 0 bridgehead atoms. The lowest BCUT2D eigenvalue weighted by Gasteiger charge is -1.98. The molecule has 4 aromatic rings. The van der Waals surface area contributed by atoms with E-state index in [0.29, 0.717) is 4.16 Å². The third-order valence-electron chi connectivity index (χ3n) is 3.90. The average molecular weight is 456 g/mol. The molecule has 104 valence electrons. The summed E-state index contributed by atoms with van der Waals surface area (Å²) in [5.74, 6) is 0. The summed E-state index contributed by atoms with van der Waals surface area (Å²) in [6.07, 6.45) is 1.12. The Hall–Kier alpha value is -0.0700. The van der Waals surface area contributed by atoms with Gasteiger partial charge < -0.3 is 0 Å². The van der Waals surface area contributed by atoms with E-state index in [1.54, 1.807) is 0 Å². The minimum absolute atomic E-state index is 0.537. The van der Waals surface area contributed by atoms with Crippen LogP contribution < -0.4 is 0 Å². The molecule has 0 saturated carbocycles. The van der Waals surface area contributed by atoms with Crippen LogP contribution in [-0.4, -0.2) is 4.16 Å². The van der Waals surface area contributed by atoms with Crippen molar-refractivity contribution in [3.63, 3.8) is 0 Å². The molecule has 0 aliphatic carbocycles. The quantitative estimate of drug-likeness (QED) is 0.249.